The van der Waals surface area contributed by atoms with E-state index >= 15 is 0 Å². The van der Waals surface area contributed by atoms with Crippen molar-refractivity contribution in [3.63, 3.8) is 0 Å². The van der Waals surface area contributed by atoms with Gasteiger partial charge in [0.25, 0.3) is 0 Å². The first-order valence-electron chi connectivity index (χ1n) is 5.95. The standard InChI is InChI=1S/C11H18N4O3/c1-3-8(4-2)11(18)12-5-9-6-15(14-13-9)7-10(16)17/h6,8H,3-5,7H2,1-2H3,(H,12,18)(H,16,17). The van der Waals surface area contributed by atoms with Crippen molar-refractivity contribution in [2.45, 2.75) is 39.8 Å². The van der Waals surface area contributed by atoms with Gasteiger partial charge in [-0.05, 0) is 12.8 Å². The Kier molecular flexibility index (Phi) is 5.29. The van der Waals surface area contributed by atoms with Crippen molar-refractivity contribution in [1.82, 2.24) is 20.3 Å². The van der Waals surface area contributed by atoms with Crippen LogP contribution in [-0.2, 0) is 22.7 Å². The van der Waals surface area contributed by atoms with E-state index in [4.69, 9.17) is 5.11 Å². The molecule has 0 unspecified atom stereocenters. The van der Waals surface area contributed by atoms with Crippen molar-refractivity contribution in [2.75, 3.05) is 0 Å². The van der Waals surface area contributed by atoms with Crippen molar-refractivity contribution >= 4 is 11.9 Å². The van der Waals surface area contributed by atoms with Crippen LogP contribution in [0, 0.1) is 5.92 Å². The third-order valence-corrected chi connectivity index (χ3v) is 2.68. The van der Waals surface area contributed by atoms with Gasteiger partial charge in [0, 0.05) is 5.92 Å². The molecule has 0 radical (unpaired) electrons. The Morgan fingerprint density at radius 2 is 2.11 bits per heavy atom. The van der Waals surface area contributed by atoms with Gasteiger partial charge in [-0.1, -0.05) is 19.1 Å². The van der Waals surface area contributed by atoms with Crippen LogP contribution in [0.3, 0.4) is 0 Å². The largest absolute Gasteiger partial charge is 0.480 e. The Bertz CT molecular complexity index is 412. The lowest BCUT2D eigenvalue weighted by Gasteiger charge is -2.11. The molecule has 7 heteroatoms. The predicted molar refractivity (Wildman–Crippen MR) is 63.6 cm³/mol. The first-order valence-corrected chi connectivity index (χ1v) is 5.95. The molecule has 0 aliphatic carbocycles. The summed E-state index contributed by atoms with van der Waals surface area (Å²) < 4.78 is 1.22. The van der Waals surface area contributed by atoms with Gasteiger partial charge < -0.3 is 10.4 Å². The molecule has 0 saturated heterocycles. The second-order valence-electron chi connectivity index (χ2n) is 4.03. The van der Waals surface area contributed by atoms with Crippen LogP contribution in [0.1, 0.15) is 32.4 Å². The van der Waals surface area contributed by atoms with Crippen LogP contribution in [0.5, 0.6) is 0 Å². The summed E-state index contributed by atoms with van der Waals surface area (Å²) in [5, 5.41) is 18.8. The van der Waals surface area contributed by atoms with Gasteiger partial charge in [-0.2, -0.15) is 0 Å². The summed E-state index contributed by atoms with van der Waals surface area (Å²) >= 11 is 0. The highest BCUT2D eigenvalue weighted by Crippen LogP contribution is 2.07. The fourth-order valence-electron chi connectivity index (χ4n) is 1.62. The van der Waals surface area contributed by atoms with Gasteiger partial charge >= 0.3 is 5.97 Å². The summed E-state index contributed by atoms with van der Waals surface area (Å²) in [4.78, 5) is 22.2. The number of carbonyl (C=O) groups excluding carboxylic acids is 1. The number of nitrogens with zero attached hydrogens (tertiary/aromatic N) is 3. The third kappa shape index (κ3) is 4.15. The van der Waals surface area contributed by atoms with E-state index in [1.807, 2.05) is 13.8 Å². The molecule has 7 nitrogen and oxygen atoms in total. The molecule has 0 spiro atoms. The van der Waals surface area contributed by atoms with Gasteiger partial charge in [0.2, 0.25) is 5.91 Å². The van der Waals surface area contributed by atoms with Crippen LogP contribution in [0.25, 0.3) is 0 Å². The Balaban J connectivity index is 2.46. The van der Waals surface area contributed by atoms with E-state index in [1.54, 1.807) is 0 Å². The number of carboxylic acids is 1. The number of rotatable bonds is 7. The Morgan fingerprint density at radius 1 is 1.44 bits per heavy atom. The van der Waals surface area contributed by atoms with Crippen molar-refractivity contribution in [3.8, 4) is 0 Å². The fourth-order valence-corrected chi connectivity index (χ4v) is 1.62. The first-order chi connectivity index (χ1) is 8.56. The number of aliphatic carboxylic acids is 1. The minimum atomic E-state index is -0.979. The number of carboxylic acid groups (broad SMARTS) is 1. The van der Waals surface area contributed by atoms with Crippen LogP contribution in [0.15, 0.2) is 6.20 Å². The summed E-state index contributed by atoms with van der Waals surface area (Å²) in [5.74, 6) is -0.973. The summed E-state index contributed by atoms with van der Waals surface area (Å²) in [6.45, 7) is 3.98. The smallest absolute Gasteiger partial charge is 0.325 e. The average Bonchev–Trinajstić information content (AvgIpc) is 2.75. The quantitative estimate of drug-likeness (QED) is 0.734. The lowest BCUT2D eigenvalue weighted by Crippen LogP contribution is -2.29. The van der Waals surface area contributed by atoms with Gasteiger partial charge in [0.15, 0.2) is 0 Å². The molecule has 0 aliphatic rings. The van der Waals surface area contributed by atoms with Crippen LogP contribution in [0.2, 0.25) is 0 Å². The number of carbonyl (C=O) groups is 2. The number of aromatic nitrogens is 3. The number of nitrogens with one attached hydrogen (secondary N) is 1. The molecule has 2 N–H and O–H groups in total. The molecule has 1 aromatic heterocycles. The molecule has 1 rings (SSSR count). The molecule has 0 bridgehead atoms. The summed E-state index contributed by atoms with van der Waals surface area (Å²) in [6.07, 6.45) is 3.11. The van der Waals surface area contributed by atoms with Crippen LogP contribution >= 0.6 is 0 Å². The average molecular weight is 254 g/mol. The molecular weight excluding hydrogens is 236 g/mol. The van der Waals surface area contributed by atoms with E-state index in [0.29, 0.717) is 5.69 Å². The zero-order chi connectivity index (χ0) is 13.5. The molecule has 0 fully saturated rings. The first kappa shape index (κ1) is 14.1. The minimum absolute atomic E-state index is 0.00668. The predicted octanol–water partition coefficient (Wildman–Crippen LogP) is 0.415. The maximum Gasteiger partial charge on any atom is 0.325 e. The van der Waals surface area contributed by atoms with Crippen LogP contribution < -0.4 is 5.32 Å². The highest BCUT2D eigenvalue weighted by molar-refractivity contribution is 5.78. The number of amides is 1. The second-order valence-corrected chi connectivity index (χ2v) is 4.03. The highest BCUT2D eigenvalue weighted by atomic mass is 16.4. The Morgan fingerprint density at radius 3 is 2.67 bits per heavy atom. The number of hydrogen-bond acceptors (Lipinski definition) is 4. The number of hydrogen-bond donors (Lipinski definition) is 2. The molecule has 1 heterocycles. The van der Waals surface area contributed by atoms with E-state index in [0.717, 1.165) is 12.8 Å². The van der Waals surface area contributed by atoms with E-state index in [2.05, 4.69) is 15.6 Å². The van der Waals surface area contributed by atoms with Crippen LogP contribution in [0.4, 0.5) is 0 Å². The topological polar surface area (TPSA) is 97.1 Å². The zero-order valence-corrected chi connectivity index (χ0v) is 10.6. The van der Waals surface area contributed by atoms with Crippen molar-refractivity contribution < 1.29 is 14.7 Å². The molecule has 0 aliphatic heterocycles. The maximum absolute atomic E-state index is 11.7. The molecule has 0 saturated carbocycles. The van der Waals surface area contributed by atoms with Crippen molar-refractivity contribution in [2.24, 2.45) is 5.92 Å². The third-order valence-electron chi connectivity index (χ3n) is 2.68. The van der Waals surface area contributed by atoms with Gasteiger partial charge in [0.1, 0.15) is 12.2 Å². The van der Waals surface area contributed by atoms with Crippen LogP contribution in [-0.4, -0.2) is 32.0 Å². The molecule has 18 heavy (non-hydrogen) atoms. The fraction of sp³-hybridized carbons (Fsp3) is 0.636. The van der Waals surface area contributed by atoms with E-state index in [1.165, 1.54) is 10.9 Å². The molecule has 0 atom stereocenters. The van der Waals surface area contributed by atoms with Gasteiger partial charge in [-0.15, -0.1) is 5.10 Å². The van der Waals surface area contributed by atoms with Gasteiger partial charge in [-0.25, -0.2) is 4.68 Å². The summed E-state index contributed by atoms with van der Waals surface area (Å²) in [5.41, 5.74) is 0.551. The molecular formula is C11H18N4O3. The van der Waals surface area contributed by atoms with E-state index in [9.17, 15) is 9.59 Å². The van der Waals surface area contributed by atoms with E-state index < -0.39 is 5.97 Å². The summed E-state index contributed by atoms with van der Waals surface area (Å²) in [7, 11) is 0. The van der Waals surface area contributed by atoms with Gasteiger partial charge in [0.05, 0.1) is 12.7 Å². The lowest BCUT2D eigenvalue weighted by molar-refractivity contribution is -0.138. The molecule has 1 amide bonds. The van der Waals surface area contributed by atoms with Gasteiger partial charge in [-0.3, -0.25) is 9.59 Å². The van der Waals surface area contributed by atoms with E-state index in [-0.39, 0.29) is 24.9 Å². The molecule has 0 aromatic carbocycles. The SMILES string of the molecule is CCC(CC)C(=O)NCc1cn(CC(=O)O)nn1. The highest BCUT2D eigenvalue weighted by Gasteiger charge is 2.14. The molecule has 1 aromatic rings. The van der Waals surface area contributed by atoms with Crippen molar-refractivity contribution in [3.05, 3.63) is 11.9 Å². The Labute approximate surface area is 105 Å². The molecule has 100 valence electrons. The monoisotopic (exact) mass is 254 g/mol. The lowest BCUT2D eigenvalue weighted by atomic mass is 10.0. The zero-order valence-electron chi connectivity index (χ0n) is 10.6. The Hall–Kier alpha value is -1.92. The normalized spacial score (nSPS) is 10.6. The summed E-state index contributed by atoms with van der Waals surface area (Å²) in [6, 6.07) is 0. The maximum atomic E-state index is 11.7. The minimum Gasteiger partial charge on any atom is -0.480 e. The van der Waals surface area contributed by atoms with Crippen molar-refractivity contribution in [1.29, 1.82) is 0 Å². The second kappa shape index (κ2) is 6.73.